The molecule has 0 N–H and O–H groups in total. The van der Waals surface area contributed by atoms with E-state index in [1.807, 2.05) is 24.3 Å². The molecule has 0 bridgehead atoms. The quantitative estimate of drug-likeness (QED) is 0.363. The van der Waals surface area contributed by atoms with Crippen molar-refractivity contribution in [2.45, 2.75) is 0 Å². The summed E-state index contributed by atoms with van der Waals surface area (Å²) in [5, 5.41) is 0. The summed E-state index contributed by atoms with van der Waals surface area (Å²) in [5.74, 6) is 0. The van der Waals surface area contributed by atoms with Crippen LogP contribution in [0.25, 0.3) is 0 Å². The molecule has 0 unspecified atom stereocenters. The first-order chi connectivity index (χ1) is 3.39. The van der Waals surface area contributed by atoms with Gasteiger partial charge in [-0.2, -0.15) is 30.3 Å². The summed E-state index contributed by atoms with van der Waals surface area (Å²) in [4.78, 5) is 0. The van der Waals surface area contributed by atoms with E-state index in [1.54, 1.807) is 0 Å². The van der Waals surface area contributed by atoms with Gasteiger partial charge in [0.15, 0.2) is 0 Å². The molecule has 0 aliphatic rings. The van der Waals surface area contributed by atoms with Crippen LogP contribution in [0.15, 0.2) is 28.7 Å². The number of hydrogen-bond acceptors (Lipinski definition) is 0. The maximum atomic E-state index is 3.28. The monoisotopic (exact) mass is 178 g/mol. The predicted octanol–water partition coefficient (Wildman–Crippen LogP) is -0.747. The Bertz CT molecular complexity index is 138. The minimum atomic E-state index is 0. The number of hydrogen-bond donors (Lipinski definition) is 0. The van der Waals surface area contributed by atoms with Crippen LogP contribution in [-0.4, -0.2) is 0 Å². The fourth-order valence-electron chi connectivity index (χ4n) is 0.371. The number of halogens is 1. The maximum Gasteiger partial charge on any atom is 1.00 e. The SMILES string of the molecule is Brc1c[c-]ccc1.[Na+]. The van der Waals surface area contributed by atoms with E-state index in [4.69, 9.17) is 0 Å². The molecule has 0 aliphatic carbocycles. The molecule has 0 fully saturated rings. The van der Waals surface area contributed by atoms with Gasteiger partial charge in [0.2, 0.25) is 0 Å². The summed E-state index contributed by atoms with van der Waals surface area (Å²) in [6.07, 6.45) is 0. The van der Waals surface area contributed by atoms with Gasteiger partial charge in [-0.15, -0.1) is 15.9 Å². The summed E-state index contributed by atoms with van der Waals surface area (Å²) in [6.45, 7) is 0. The van der Waals surface area contributed by atoms with Gasteiger partial charge in [0, 0.05) is 0 Å². The number of rotatable bonds is 0. The molecule has 36 valence electrons. The van der Waals surface area contributed by atoms with Crippen molar-refractivity contribution >= 4 is 15.9 Å². The van der Waals surface area contributed by atoms with Crippen molar-refractivity contribution in [3.8, 4) is 0 Å². The van der Waals surface area contributed by atoms with Crippen molar-refractivity contribution in [2.24, 2.45) is 0 Å². The van der Waals surface area contributed by atoms with Crippen molar-refractivity contribution in [3.63, 3.8) is 0 Å². The van der Waals surface area contributed by atoms with Crippen LogP contribution < -0.4 is 29.6 Å². The van der Waals surface area contributed by atoms with Gasteiger partial charge in [-0.1, -0.05) is 4.47 Å². The van der Waals surface area contributed by atoms with Crippen LogP contribution in [0.5, 0.6) is 0 Å². The standard InChI is InChI=1S/C6H4Br.Na/c7-6-4-2-1-3-5-6;/h1-2,4-5H;/q-1;+1. The fourth-order valence-corrected chi connectivity index (χ4v) is 0.656. The number of benzene rings is 1. The zero-order valence-corrected chi connectivity index (χ0v) is 8.27. The first-order valence-electron chi connectivity index (χ1n) is 2.01. The van der Waals surface area contributed by atoms with Gasteiger partial charge in [0.25, 0.3) is 0 Å². The molecule has 0 nitrogen and oxygen atoms in total. The smallest absolute Gasteiger partial charge is 0.183 e. The molecular formula is C6H4BrNa. The van der Waals surface area contributed by atoms with Gasteiger partial charge < -0.3 is 0 Å². The third kappa shape index (κ3) is 2.88. The molecule has 0 spiro atoms. The van der Waals surface area contributed by atoms with E-state index >= 15 is 0 Å². The minimum absolute atomic E-state index is 0. The fraction of sp³-hybridized carbons (Fsp3) is 0. The molecule has 2 heteroatoms. The average Bonchev–Trinajstić information content (AvgIpc) is 1.69. The molecule has 8 heavy (non-hydrogen) atoms. The van der Waals surface area contributed by atoms with Crippen molar-refractivity contribution in [1.82, 2.24) is 0 Å². The Morgan fingerprint density at radius 2 is 2.25 bits per heavy atom. The van der Waals surface area contributed by atoms with Crippen LogP contribution in [0, 0.1) is 6.07 Å². The molecule has 0 heterocycles. The summed E-state index contributed by atoms with van der Waals surface area (Å²) in [6, 6.07) is 10.6. The Balaban J connectivity index is 0.000000490. The van der Waals surface area contributed by atoms with Crippen molar-refractivity contribution in [1.29, 1.82) is 0 Å². The second-order valence-electron chi connectivity index (χ2n) is 1.22. The maximum absolute atomic E-state index is 3.28. The molecule has 0 saturated carbocycles. The molecule has 0 saturated heterocycles. The zero-order valence-electron chi connectivity index (χ0n) is 4.69. The summed E-state index contributed by atoms with van der Waals surface area (Å²) in [5.41, 5.74) is 0. The molecule has 0 atom stereocenters. The summed E-state index contributed by atoms with van der Waals surface area (Å²) in [7, 11) is 0. The van der Waals surface area contributed by atoms with Gasteiger partial charge >= 0.3 is 29.6 Å². The first-order valence-corrected chi connectivity index (χ1v) is 2.80. The van der Waals surface area contributed by atoms with E-state index in [0.717, 1.165) is 4.47 Å². The summed E-state index contributed by atoms with van der Waals surface area (Å²) < 4.78 is 1.08. The normalized spacial score (nSPS) is 7.62. The zero-order chi connectivity index (χ0) is 5.11. The Labute approximate surface area is 79.7 Å². The third-order valence-corrected chi connectivity index (χ3v) is 1.16. The first kappa shape index (κ1) is 8.70. The van der Waals surface area contributed by atoms with Crippen molar-refractivity contribution in [2.75, 3.05) is 0 Å². The molecule has 0 radical (unpaired) electrons. The average molecular weight is 179 g/mol. The van der Waals surface area contributed by atoms with E-state index in [0.29, 0.717) is 0 Å². The molecule has 1 rings (SSSR count). The Hall–Kier alpha value is 0.700. The van der Waals surface area contributed by atoms with Gasteiger partial charge in [-0.05, 0) is 0 Å². The Morgan fingerprint density at radius 1 is 1.50 bits per heavy atom. The van der Waals surface area contributed by atoms with Gasteiger partial charge in [0.05, 0.1) is 0 Å². The summed E-state index contributed by atoms with van der Waals surface area (Å²) >= 11 is 3.28. The third-order valence-electron chi connectivity index (χ3n) is 0.669. The second kappa shape index (κ2) is 4.57. The molecule has 0 amide bonds. The van der Waals surface area contributed by atoms with Crippen molar-refractivity contribution < 1.29 is 29.6 Å². The molecule has 1 aromatic rings. The van der Waals surface area contributed by atoms with Crippen LogP contribution in [0.3, 0.4) is 0 Å². The van der Waals surface area contributed by atoms with E-state index in [9.17, 15) is 0 Å². The van der Waals surface area contributed by atoms with Gasteiger partial charge in [0.1, 0.15) is 0 Å². The van der Waals surface area contributed by atoms with Gasteiger partial charge in [-0.3, -0.25) is 0 Å². The molecule has 0 aromatic heterocycles. The van der Waals surface area contributed by atoms with Crippen LogP contribution in [0.2, 0.25) is 0 Å². The van der Waals surface area contributed by atoms with Crippen molar-refractivity contribution in [3.05, 3.63) is 34.8 Å². The van der Waals surface area contributed by atoms with E-state index in [2.05, 4.69) is 22.0 Å². The topological polar surface area (TPSA) is 0 Å². The van der Waals surface area contributed by atoms with Gasteiger partial charge in [-0.25, -0.2) is 0 Å². The van der Waals surface area contributed by atoms with Crippen LogP contribution in [-0.2, 0) is 0 Å². The van der Waals surface area contributed by atoms with E-state index in [1.165, 1.54) is 0 Å². The molecule has 0 aliphatic heterocycles. The van der Waals surface area contributed by atoms with E-state index in [-0.39, 0.29) is 29.6 Å². The minimum Gasteiger partial charge on any atom is -0.183 e. The molecular weight excluding hydrogens is 175 g/mol. The second-order valence-corrected chi connectivity index (χ2v) is 2.14. The van der Waals surface area contributed by atoms with Crippen LogP contribution in [0.4, 0.5) is 0 Å². The Morgan fingerprint density at radius 3 is 2.50 bits per heavy atom. The van der Waals surface area contributed by atoms with Crippen LogP contribution in [0.1, 0.15) is 0 Å². The predicted molar refractivity (Wildman–Crippen MR) is 33.0 cm³/mol. The van der Waals surface area contributed by atoms with E-state index < -0.39 is 0 Å². The molecule has 1 aromatic carbocycles. The Kier molecular flexibility index (Phi) is 4.97. The largest absolute Gasteiger partial charge is 1.00 e. The van der Waals surface area contributed by atoms with Crippen LogP contribution >= 0.6 is 15.9 Å².